The van der Waals surface area contributed by atoms with E-state index in [1.165, 1.54) is 5.69 Å². The first-order chi connectivity index (χ1) is 15.2. The van der Waals surface area contributed by atoms with Gasteiger partial charge in [0.15, 0.2) is 0 Å². The summed E-state index contributed by atoms with van der Waals surface area (Å²) in [6, 6.07) is 18.4. The van der Waals surface area contributed by atoms with Crippen LogP contribution in [0.25, 0.3) is 22.4 Å². The fraction of sp³-hybridized carbons (Fsp3) is 0.292. The van der Waals surface area contributed by atoms with Crippen LogP contribution in [-0.2, 0) is 17.8 Å². The average Bonchev–Trinajstić information content (AvgIpc) is 3.47. The van der Waals surface area contributed by atoms with Crippen molar-refractivity contribution in [1.82, 2.24) is 19.7 Å². The Morgan fingerprint density at radius 3 is 2.55 bits per heavy atom. The molecule has 0 aliphatic carbocycles. The third-order valence-electron chi connectivity index (χ3n) is 5.85. The smallest absolute Gasteiger partial charge is 0.247 e. The van der Waals surface area contributed by atoms with E-state index in [9.17, 15) is 4.79 Å². The topological polar surface area (TPSA) is 67.4 Å². The number of hydrogen-bond acceptors (Lipinski definition) is 5. The summed E-state index contributed by atoms with van der Waals surface area (Å²) in [6.07, 6.45) is 2.68. The summed E-state index contributed by atoms with van der Waals surface area (Å²) in [6.45, 7) is 5.48. The summed E-state index contributed by atoms with van der Waals surface area (Å²) in [5.41, 5.74) is 3.07. The summed E-state index contributed by atoms with van der Waals surface area (Å²) < 4.78 is 7.70. The molecule has 0 unspecified atom stereocenters. The molecule has 0 N–H and O–H groups in total. The fourth-order valence-electron chi connectivity index (χ4n) is 4.07. The van der Waals surface area contributed by atoms with Crippen LogP contribution in [0.5, 0.6) is 0 Å². The lowest BCUT2D eigenvalue weighted by atomic mass is 10.1. The van der Waals surface area contributed by atoms with Gasteiger partial charge < -0.3 is 18.8 Å². The highest BCUT2D eigenvalue weighted by molar-refractivity contribution is 5.86. The molecule has 31 heavy (non-hydrogen) atoms. The van der Waals surface area contributed by atoms with Crippen molar-refractivity contribution in [3.8, 4) is 11.5 Å². The monoisotopic (exact) mass is 415 g/mol. The Balaban J connectivity index is 1.29. The number of benzene rings is 2. The van der Waals surface area contributed by atoms with Crippen molar-refractivity contribution in [2.75, 3.05) is 31.1 Å². The van der Waals surface area contributed by atoms with Crippen molar-refractivity contribution < 1.29 is 9.21 Å². The Bertz CT molecular complexity index is 1190. The normalized spacial score (nSPS) is 14.4. The highest BCUT2D eigenvalue weighted by Gasteiger charge is 2.22. The lowest BCUT2D eigenvalue weighted by Crippen LogP contribution is -2.49. The molecule has 7 nitrogen and oxygen atoms in total. The first kappa shape index (κ1) is 19.4. The van der Waals surface area contributed by atoms with E-state index in [1.54, 1.807) is 0 Å². The van der Waals surface area contributed by atoms with E-state index in [0.29, 0.717) is 24.7 Å². The van der Waals surface area contributed by atoms with E-state index in [2.05, 4.69) is 39.4 Å². The number of aromatic nitrogens is 3. The molecular weight excluding hydrogens is 390 g/mol. The SMILES string of the molecule is CCc1nnc(-c2ccc3ccn(CC(=O)N4CCN(c5ccccc5)CC4)c3c2)o1. The molecule has 3 heterocycles. The molecule has 2 aromatic heterocycles. The van der Waals surface area contributed by atoms with Gasteiger partial charge in [-0.15, -0.1) is 10.2 Å². The van der Waals surface area contributed by atoms with Gasteiger partial charge in [0.25, 0.3) is 0 Å². The van der Waals surface area contributed by atoms with E-state index >= 15 is 0 Å². The van der Waals surface area contributed by atoms with Crippen LogP contribution >= 0.6 is 0 Å². The third kappa shape index (κ3) is 3.91. The molecule has 4 aromatic rings. The van der Waals surface area contributed by atoms with Crippen molar-refractivity contribution in [3.05, 3.63) is 66.7 Å². The number of para-hydroxylation sites is 1. The van der Waals surface area contributed by atoms with E-state index in [0.717, 1.165) is 42.6 Å². The zero-order valence-electron chi connectivity index (χ0n) is 17.6. The van der Waals surface area contributed by atoms with Gasteiger partial charge in [0.1, 0.15) is 6.54 Å². The van der Waals surface area contributed by atoms with Gasteiger partial charge in [0.05, 0.1) is 0 Å². The number of anilines is 1. The van der Waals surface area contributed by atoms with Crippen LogP contribution < -0.4 is 4.90 Å². The van der Waals surface area contributed by atoms with Crippen molar-refractivity contribution in [1.29, 1.82) is 0 Å². The molecule has 1 aliphatic rings. The number of rotatable bonds is 5. The Kier molecular flexibility index (Phi) is 5.16. The number of nitrogens with zero attached hydrogens (tertiary/aromatic N) is 5. The van der Waals surface area contributed by atoms with Crippen LogP contribution in [-0.4, -0.2) is 51.8 Å². The maximum atomic E-state index is 13.0. The van der Waals surface area contributed by atoms with Crippen molar-refractivity contribution in [3.63, 3.8) is 0 Å². The minimum Gasteiger partial charge on any atom is -0.421 e. The van der Waals surface area contributed by atoms with Crippen molar-refractivity contribution in [2.24, 2.45) is 0 Å². The number of fused-ring (bicyclic) bond motifs is 1. The van der Waals surface area contributed by atoms with E-state index in [4.69, 9.17) is 4.42 Å². The first-order valence-electron chi connectivity index (χ1n) is 10.7. The molecule has 1 fully saturated rings. The number of piperazine rings is 1. The maximum Gasteiger partial charge on any atom is 0.247 e. The fourth-order valence-corrected chi connectivity index (χ4v) is 4.07. The van der Waals surface area contributed by atoms with Crippen LogP contribution in [0.4, 0.5) is 5.69 Å². The van der Waals surface area contributed by atoms with Gasteiger partial charge in [-0.25, -0.2) is 0 Å². The number of amides is 1. The molecule has 1 saturated heterocycles. The molecule has 1 amide bonds. The summed E-state index contributed by atoms with van der Waals surface area (Å²) in [5.74, 6) is 1.27. The van der Waals surface area contributed by atoms with E-state index < -0.39 is 0 Å². The van der Waals surface area contributed by atoms with E-state index in [1.807, 2.05) is 52.9 Å². The third-order valence-corrected chi connectivity index (χ3v) is 5.85. The van der Waals surface area contributed by atoms with Gasteiger partial charge in [-0.3, -0.25) is 4.79 Å². The molecule has 7 heteroatoms. The van der Waals surface area contributed by atoms with Gasteiger partial charge in [0.2, 0.25) is 17.7 Å². The number of carbonyl (C=O) groups excluding carboxylic acids is 1. The molecule has 0 bridgehead atoms. The van der Waals surface area contributed by atoms with Gasteiger partial charge in [-0.1, -0.05) is 31.2 Å². The van der Waals surface area contributed by atoms with Gasteiger partial charge in [0, 0.05) is 55.6 Å². The van der Waals surface area contributed by atoms with Crippen LogP contribution in [0.2, 0.25) is 0 Å². The van der Waals surface area contributed by atoms with Crippen molar-refractivity contribution >= 4 is 22.5 Å². The van der Waals surface area contributed by atoms with Gasteiger partial charge in [-0.05, 0) is 35.7 Å². The zero-order valence-corrected chi connectivity index (χ0v) is 17.6. The lowest BCUT2D eigenvalue weighted by Gasteiger charge is -2.36. The Labute approximate surface area is 180 Å². The standard InChI is InChI=1S/C24H25N5O2/c1-2-22-25-26-24(31-22)19-9-8-18-10-11-29(21(18)16-19)17-23(30)28-14-12-27(13-15-28)20-6-4-3-5-7-20/h3-11,16H,2,12-15,17H2,1H3. The average molecular weight is 415 g/mol. The largest absolute Gasteiger partial charge is 0.421 e. The molecule has 1 aliphatic heterocycles. The maximum absolute atomic E-state index is 13.0. The second kappa shape index (κ2) is 8.26. The predicted octanol–water partition coefficient (Wildman–Crippen LogP) is 3.60. The summed E-state index contributed by atoms with van der Waals surface area (Å²) >= 11 is 0. The minimum absolute atomic E-state index is 0.140. The summed E-state index contributed by atoms with van der Waals surface area (Å²) in [5, 5.41) is 9.27. The van der Waals surface area contributed by atoms with E-state index in [-0.39, 0.29) is 5.91 Å². The summed E-state index contributed by atoms with van der Waals surface area (Å²) in [4.78, 5) is 17.3. The molecule has 0 atom stereocenters. The Morgan fingerprint density at radius 2 is 1.81 bits per heavy atom. The highest BCUT2D eigenvalue weighted by Crippen LogP contribution is 2.25. The Morgan fingerprint density at radius 1 is 1.00 bits per heavy atom. The highest BCUT2D eigenvalue weighted by atomic mass is 16.4. The van der Waals surface area contributed by atoms with Crippen LogP contribution in [0, 0.1) is 0 Å². The molecule has 5 rings (SSSR count). The second-order valence-electron chi connectivity index (χ2n) is 7.78. The summed E-state index contributed by atoms with van der Waals surface area (Å²) in [7, 11) is 0. The van der Waals surface area contributed by atoms with Gasteiger partial charge in [-0.2, -0.15) is 0 Å². The Hall–Kier alpha value is -3.61. The molecule has 0 radical (unpaired) electrons. The second-order valence-corrected chi connectivity index (χ2v) is 7.78. The number of aryl methyl sites for hydroxylation is 1. The molecule has 2 aromatic carbocycles. The molecular formula is C24H25N5O2. The van der Waals surface area contributed by atoms with Crippen LogP contribution in [0.15, 0.2) is 65.2 Å². The van der Waals surface area contributed by atoms with Crippen LogP contribution in [0.1, 0.15) is 12.8 Å². The molecule has 0 spiro atoms. The minimum atomic E-state index is 0.140. The van der Waals surface area contributed by atoms with Crippen LogP contribution in [0.3, 0.4) is 0 Å². The lowest BCUT2D eigenvalue weighted by molar-refractivity contribution is -0.132. The number of carbonyl (C=O) groups is 1. The van der Waals surface area contributed by atoms with Crippen molar-refractivity contribution in [2.45, 2.75) is 19.9 Å². The first-order valence-corrected chi connectivity index (χ1v) is 10.7. The quantitative estimate of drug-likeness (QED) is 0.498. The number of hydrogen-bond donors (Lipinski definition) is 0. The molecule has 0 saturated carbocycles. The predicted molar refractivity (Wildman–Crippen MR) is 120 cm³/mol. The van der Waals surface area contributed by atoms with Gasteiger partial charge >= 0.3 is 0 Å². The zero-order chi connectivity index (χ0) is 21.2. The molecule has 158 valence electrons.